The summed E-state index contributed by atoms with van der Waals surface area (Å²) in [6, 6.07) is 10.3. The Balaban J connectivity index is 0.783. The molecule has 4 heterocycles. The van der Waals surface area contributed by atoms with Crippen LogP contribution in [0.25, 0.3) is 10.9 Å². The van der Waals surface area contributed by atoms with Gasteiger partial charge in [0.1, 0.15) is 17.4 Å². The molecule has 1 unspecified atom stereocenters. The van der Waals surface area contributed by atoms with Gasteiger partial charge < -0.3 is 25.4 Å². The number of amides is 6. The SMILES string of the molecule is CN(CCCOC1CC(Nc2cccc3c2C(=O)N(C2CCC(=O)NC2=O)C3=O)C1)C(=O)C1CCC(n2cc3cc(NC(=O)c4cccc(C(F)(F)F)n4)c(C(C)(C)O)cc3n2)CC1. The summed E-state index contributed by atoms with van der Waals surface area (Å²) in [5.74, 6) is -3.14. The summed E-state index contributed by atoms with van der Waals surface area (Å²) in [4.78, 5) is 83.4. The number of aromatic nitrogens is 3. The molecule has 2 aliphatic carbocycles. The number of benzene rings is 2. The highest BCUT2D eigenvalue weighted by molar-refractivity contribution is 6.25. The topological polar surface area (TPSA) is 205 Å². The third-order valence-electron chi connectivity index (χ3n) is 12.6. The predicted molar refractivity (Wildman–Crippen MR) is 225 cm³/mol. The molecule has 8 rings (SSSR count). The number of anilines is 2. The Bertz CT molecular complexity index is 2520. The third-order valence-corrected chi connectivity index (χ3v) is 12.6. The Kier molecular flexibility index (Phi) is 12.1. The molecule has 19 heteroatoms. The van der Waals surface area contributed by atoms with Crippen LogP contribution in [0.15, 0.2) is 54.7 Å². The molecule has 0 radical (unpaired) electrons. The first-order chi connectivity index (χ1) is 30.3. The molecule has 4 aliphatic rings. The van der Waals surface area contributed by atoms with Crippen molar-refractivity contribution < 1.29 is 51.8 Å². The van der Waals surface area contributed by atoms with Gasteiger partial charge in [-0.2, -0.15) is 18.3 Å². The van der Waals surface area contributed by atoms with Crippen molar-refractivity contribution in [2.24, 2.45) is 5.92 Å². The van der Waals surface area contributed by atoms with Crippen LogP contribution in [-0.4, -0.2) is 104 Å². The lowest BCUT2D eigenvalue weighted by atomic mass is 9.85. The zero-order valence-electron chi connectivity index (χ0n) is 35.5. The number of hydrogen-bond acceptors (Lipinski definition) is 11. The summed E-state index contributed by atoms with van der Waals surface area (Å²) in [5.41, 5.74) is -0.986. The Morgan fingerprint density at radius 2 is 1.70 bits per heavy atom. The second-order valence-electron chi connectivity index (χ2n) is 17.6. The van der Waals surface area contributed by atoms with Gasteiger partial charge in [-0.3, -0.25) is 43.7 Å². The van der Waals surface area contributed by atoms with Crippen LogP contribution in [0.5, 0.6) is 0 Å². The minimum Gasteiger partial charge on any atom is -0.386 e. The van der Waals surface area contributed by atoms with Gasteiger partial charge in [0.2, 0.25) is 17.7 Å². The Labute approximate surface area is 365 Å². The molecule has 338 valence electrons. The molecule has 2 saturated carbocycles. The molecule has 4 N–H and O–H groups in total. The largest absolute Gasteiger partial charge is 0.433 e. The van der Waals surface area contributed by atoms with Crippen molar-refractivity contribution in [1.29, 1.82) is 0 Å². The molecule has 2 aromatic carbocycles. The van der Waals surface area contributed by atoms with E-state index in [1.165, 1.54) is 19.9 Å². The Morgan fingerprint density at radius 3 is 2.41 bits per heavy atom. The summed E-state index contributed by atoms with van der Waals surface area (Å²) in [6.07, 6.45) is 1.99. The van der Waals surface area contributed by atoms with Gasteiger partial charge in [0.05, 0.1) is 34.4 Å². The van der Waals surface area contributed by atoms with E-state index in [2.05, 4.69) is 20.9 Å². The lowest BCUT2D eigenvalue weighted by molar-refractivity contribution is -0.141. The van der Waals surface area contributed by atoms with E-state index in [9.17, 15) is 47.0 Å². The van der Waals surface area contributed by atoms with Crippen LogP contribution >= 0.6 is 0 Å². The maximum Gasteiger partial charge on any atom is 0.433 e. The number of carbonyl (C=O) groups excluding carboxylic acids is 6. The van der Waals surface area contributed by atoms with Crippen LogP contribution in [0, 0.1) is 5.92 Å². The van der Waals surface area contributed by atoms with Gasteiger partial charge in [-0.05, 0) is 102 Å². The van der Waals surface area contributed by atoms with Gasteiger partial charge in [0.15, 0.2) is 0 Å². The summed E-state index contributed by atoms with van der Waals surface area (Å²) >= 11 is 0. The van der Waals surface area contributed by atoms with E-state index in [0.717, 1.165) is 17.0 Å². The molecule has 2 aliphatic heterocycles. The molecule has 64 heavy (non-hydrogen) atoms. The summed E-state index contributed by atoms with van der Waals surface area (Å²) in [6.45, 7) is 4.06. The molecule has 16 nitrogen and oxygen atoms in total. The molecule has 4 aromatic rings. The average molecular weight is 887 g/mol. The van der Waals surface area contributed by atoms with Crippen LogP contribution < -0.4 is 16.0 Å². The van der Waals surface area contributed by atoms with E-state index < -0.39 is 58.7 Å². The van der Waals surface area contributed by atoms with E-state index >= 15 is 0 Å². The number of fused-ring (bicyclic) bond motifs is 2. The number of piperidine rings is 1. The van der Waals surface area contributed by atoms with Crippen molar-refractivity contribution in [2.45, 2.75) is 108 Å². The van der Waals surface area contributed by atoms with Gasteiger partial charge in [0.25, 0.3) is 17.7 Å². The van der Waals surface area contributed by atoms with Crippen LogP contribution in [0.3, 0.4) is 0 Å². The van der Waals surface area contributed by atoms with Gasteiger partial charge in [-0.15, -0.1) is 0 Å². The molecule has 0 spiro atoms. The van der Waals surface area contributed by atoms with Crippen LogP contribution in [0.1, 0.15) is 120 Å². The van der Waals surface area contributed by atoms with Crippen molar-refractivity contribution in [3.8, 4) is 0 Å². The van der Waals surface area contributed by atoms with E-state index in [4.69, 9.17) is 9.84 Å². The first-order valence-corrected chi connectivity index (χ1v) is 21.4. The van der Waals surface area contributed by atoms with E-state index in [1.807, 2.05) is 10.9 Å². The number of rotatable bonds is 13. The lowest BCUT2D eigenvalue weighted by Crippen LogP contribution is -2.54. The van der Waals surface area contributed by atoms with Crippen LogP contribution in [0.2, 0.25) is 0 Å². The fourth-order valence-corrected chi connectivity index (χ4v) is 9.03. The quantitative estimate of drug-likeness (QED) is 0.0965. The maximum atomic E-state index is 13.4. The van der Waals surface area contributed by atoms with Gasteiger partial charge >= 0.3 is 6.18 Å². The lowest BCUT2D eigenvalue weighted by Gasteiger charge is -2.36. The molecular weight excluding hydrogens is 838 g/mol. The van der Waals surface area contributed by atoms with E-state index in [0.29, 0.717) is 80.3 Å². The molecule has 0 bridgehead atoms. The minimum absolute atomic E-state index is 0.00406. The number of nitrogens with zero attached hydrogens (tertiary/aromatic N) is 5. The van der Waals surface area contributed by atoms with Crippen molar-refractivity contribution in [1.82, 2.24) is 29.9 Å². The number of aliphatic hydroxyl groups is 1. The van der Waals surface area contributed by atoms with Crippen LogP contribution in [0.4, 0.5) is 24.5 Å². The van der Waals surface area contributed by atoms with Crippen LogP contribution in [-0.2, 0) is 30.9 Å². The van der Waals surface area contributed by atoms with Gasteiger partial charge in [-0.25, -0.2) is 4.98 Å². The van der Waals surface area contributed by atoms with Crippen molar-refractivity contribution >= 4 is 57.7 Å². The zero-order chi connectivity index (χ0) is 45.7. The number of hydrogen-bond donors (Lipinski definition) is 4. The maximum absolute atomic E-state index is 13.4. The first kappa shape index (κ1) is 44.4. The highest BCUT2D eigenvalue weighted by Crippen LogP contribution is 2.38. The molecular formula is C45H49F3N8O8. The fraction of sp³-hybridized carbons (Fsp3) is 0.467. The third kappa shape index (κ3) is 9.08. The Morgan fingerprint density at radius 1 is 0.969 bits per heavy atom. The van der Waals surface area contributed by atoms with Crippen molar-refractivity contribution in [2.75, 3.05) is 30.8 Å². The zero-order valence-corrected chi connectivity index (χ0v) is 35.5. The van der Waals surface area contributed by atoms with E-state index in [-0.39, 0.29) is 59.7 Å². The normalized spacial score (nSPS) is 22.5. The monoisotopic (exact) mass is 886 g/mol. The summed E-state index contributed by atoms with van der Waals surface area (Å²) in [5, 5.41) is 24.6. The molecule has 1 atom stereocenters. The number of pyridine rings is 1. The number of imide groups is 2. The second-order valence-corrected chi connectivity index (χ2v) is 17.6. The predicted octanol–water partition coefficient (Wildman–Crippen LogP) is 5.57. The summed E-state index contributed by atoms with van der Waals surface area (Å²) in [7, 11) is 1.79. The first-order valence-electron chi connectivity index (χ1n) is 21.4. The van der Waals surface area contributed by atoms with E-state index in [1.54, 1.807) is 42.3 Å². The standard InChI is InChI=1S/C45H49F3N8O8/c1-44(2,63)30-22-33-25(19-34(30)51-39(58)32-9-5-10-36(50-32)45(46,47)48)23-55(53-33)27-13-11-24(12-14-27)41(60)54(3)17-6-18-64-28-20-26(21-28)49-31-8-4-7-29-38(31)43(62)56(42(29)61)35-15-16-37(57)52-40(35)59/h4-5,7-10,19,22-24,26-28,35,49,63H,6,11-18,20-21H2,1-3H3,(H,51,58)(H,52,57,59). The number of ether oxygens (including phenoxy) is 1. The number of halogens is 3. The minimum atomic E-state index is -4.72. The Hall–Kier alpha value is -6.21. The number of alkyl halides is 3. The van der Waals surface area contributed by atoms with Gasteiger partial charge in [-0.1, -0.05) is 12.1 Å². The molecule has 6 amide bonds. The molecule has 1 saturated heterocycles. The second kappa shape index (κ2) is 17.4. The number of nitrogens with one attached hydrogen (secondary N) is 3. The molecule has 3 fully saturated rings. The summed E-state index contributed by atoms with van der Waals surface area (Å²) < 4.78 is 47.7. The van der Waals surface area contributed by atoms with Crippen molar-refractivity contribution in [3.63, 3.8) is 0 Å². The van der Waals surface area contributed by atoms with Crippen molar-refractivity contribution in [3.05, 3.63) is 82.8 Å². The number of carbonyl (C=O) groups is 6. The fourth-order valence-electron chi connectivity index (χ4n) is 9.03. The highest BCUT2D eigenvalue weighted by Gasteiger charge is 2.46. The molecule has 2 aromatic heterocycles. The van der Waals surface area contributed by atoms with Gasteiger partial charge in [0, 0.05) is 67.1 Å². The smallest absolute Gasteiger partial charge is 0.386 e. The highest BCUT2D eigenvalue weighted by atomic mass is 19.4. The average Bonchev–Trinajstić information content (AvgIpc) is 3.77.